The van der Waals surface area contributed by atoms with Crippen LogP contribution in [-0.4, -0.2) is 16.9 Å². The second-order valence-corrected chi connectivity index (χ2v) is 3.81. The number of rotatable bonds is 1. The number of carbonyl (C=O) groups excluding carboxylic acids is 1. The molecule has 0 aliphatic carbocycles. The summed E-state index contributed by atoms with van der Waals surface area (Å²) in [5.41, 5.74) is 1.14. The minimum absolute atomic E-state index is 0.0624. The van der Waals surface area contributed by atoms with E-state index in [-0.39, 0.29) is 18.0 Å². The molecule has 1 N–H and O–H groups in total. The molecule has 14 heavy (non-hydrogen) atoms. The molecule has 1 aromatic rings. The molecule has 0 radical (unpaired) electrons. The Morgan fingerprint density at radius 3 is 2.57 bits per heavy atom. The fourth-order valence-corrected chi connectivity index (χ4v) is 1.87. The standard InChI is InChI=1S/C12H14O2/c1-9-7-8-11(12(13)14-9)10-5-3-2-4-6-10/h2-6,9,11H,7-8H2,1H3/p+1. The number of esters is 1. The topological polar surface area (TPSA) is 30.6 Å². The Hall–Kier alpha value is -1.31. The van der Waals surface area contributed by atoms with Crippen LogP contribution in [0.3, 0.4) is 0 Å². The second-order valence-electron chi connectivity index (χ2n) is 3.81. The summed E-state index contributed by atoms with van der Waals surface area (Å²) in [6.07, 6.45) is 2.12. The molecule has 2 unspecified atom stereocenters. The van der Waals surface area contributed by atoms with Gasteiger partial charge in [0.2, 0.25) is 0 Å². The van der Waals surface area contributed by atoms with E-state index >= 15 is 0 Å². The molecule has 1 saturated heterocycles. The lowest BCUT2D eigenvalue weighted by Crippen LogP contribution is -2.28. The Bertz CT molecular complexity index is 318. The normalized spacial score (nSPS) is 27.1. The molecule has 0 spiro atoms. The van der Waals surface area contributed by atoms with E-state index in [0.29, 0.717) is 0 Å². The molecule has 2 rings (SSSR count). The number of cyclic esters (lactones) is 1. The molecule has 2 heteroatoms. The van der Waals surface area contributed by atoms with Crippen LogP contribution >= 0.6 is 0 Å². The zero-order valence-electron chi connectivity index (χ0n) is 8.31. The average molecular weight is 191 g/mol. The first kappa shape index (κ1) is 9.25. The zero-order valence-corrected chi connectivity index (χ0v) is 8.31. The van der Waals surface area contributed by atoms with Crippen LogP contribution < -0.4 is 0 Å². The lowest BCUT2D eigenvalue weighted by atomic mass is 9.91. The van der Waals surface area contributed by atoms with Crippen molar-refractivity contribution in [3.8, 4) is 0 Å². The summed E-state index contributed by atoms with van der Waals surface area (Å²) in [7, 11) is 0. The summed E-state index contributed by atoms with van der Waals surface area (Å²) in [5, 5.41) is 0. The van der Waals surface area contributed by atoms with Gasteiger partial charge in [-0.25, -0.2) is 0 Å². The smallest absolute Gasteiger partial charge is 0.339 e. The summed E-state index contributed by atoms with van der Waals surface area (Å²) in [4.78, 5) is 9.69. The SMILES string of the molecule is CC1CCC(c2ccccc2)C(=[OH+])O1. The minimum atomic E-state index is 0.0624. The van der Waals surface area contributed by atoms with Crippen molar-refractivity contribution in [3.63, 3.8) is 0 Å². The van der Waals surface area contributed by atoms with Crippen LogP contribution in [-0.2, 0) is 4.74 Å². The molecule has 0 saturated carbocycles. The third-order valence-corrected chi connectivity index (χ3v) is 2.68. The van der Waals surface area contributed by atoms with E-state index < -0.39 is 0 Å². The van der Waals surface area contributed by atoms with Crippen LogP contribution in [0.25, 0.3) is 0 Å². The van der Waals surface area contributed by atoms with Gasteiger partial charge in [0.25, 0.3) is 0 Å². The largest absolute Gasteiger partial charge is 0.490 e. The predicted octanol–water partition coefficient (Wildman–Crippen LogP) is 2.47. The maximum atomic E-state index is 9.69. The monoisotopic (exact) mass is 191 g/mol. The van der Waals surface area contributed by atoms with Crippen LogP contribution in [0.4, 0.5) is 0 Å². The summed E-state index contributed by atoms with van der Waals surface area (Å²) >= 11 is 0. The summed E-state index contributed by atoms with van der Waals surface area (Å²) in [6.45, 7) is 1.98. The van der Waals surface area contributed by atoms with Crippen molar-refractivity contribution in [2.24, 2.45) is 0 Å². The Morgan fingerprint density at radius 2 is 1.93 bits per heavy atom. The highest BCUT2D eigenvalue weighted by Crippen LogP contribution is 2.28. The van der Waals surface area contributed by atoms with Gasteiger partial charge in [-0.05, 0) is 18.9 Å². The molecule has 1 fully saturated rings. The Balaban J connectivity index is 2.16. The van der Waals surface area contributed by atoms with E-state index in [4.69, 9.17) is 4.74 Å². The van der Waals surface area contributed by atoms with Gasteiger partial charge in [0, 0.05) is 6.42 Å². The fraction of sp³-hybridized carbons (Fsp3) is 0.417. The first-order valence-electron chi connectivity index (χ1n) is 5.05. The van der Waals surface area contributed by atoms with E-state index in [0.717, 1.165) is 18.4 Å². The van der Waals surface area contributed by atoms with Crippen LogP contribution in [0.5, 0.6) is 0 Å². The molecule has 1 aromatic carbocycles. The molecular weight excluding hydrogens is 176 g/mol. The molecule has 2 atom stereocenters. The van der Waals surface area contributed by atoms with E-state index in [1.165, 1.54) is 0 Å². The summed E-state index contributed by atoms with van der Waals surface area (Å²) in [6, 6.07) is 10.0. The van der Waals surface area contributed by atoms with E-state index in [2.05, 4.69) is 0 Å². The molecule has 2 nitrogen and oxygen atoms in total. The Morgan fingerprint density at radius 1 is 1.21 bits per heavy atom. The highest BCUT2D eigenvalue weighted by molar-refractivity contribution is 5.79. The lowest BCUT2D eigenvalue weighted by molar-refractivity contribution is 0.137. The third kappa shape index (κ3) is 1.79. The van der Waals surface area contributed by atoms with Crippen molar-refractivity contribution in [1.29, 1.82) is 0 Å². The molecule has 1 aliphatic rings. The first-order chi connectivity index (χ1) is 6.77. The predicted molar refractivity (Wildman–Crippen MR) is 55.9 cm³/mol. The number of hydrogen-bond donors (Lipinski definition) is 0. The van der Waals surface area contributed by atoms with Gasteiger partial charge >= 0.3 is 5.97 Å². The average Bonchev–Trinajstić information content (AvgIpc) is 2.19. The highest BCUT2D eigenvalue weighted by atomic mass is 16.5. The van der Waals surface area contributed by atoms with E-state index in [1.54, 1.807) is 0 Å². The van der Waals surface area contributed by atoms with Crippen molar-refractivity contribution in [1.82, 2.24) is 0 Å². The third-order valence-electron chi connectivity index (χ3n) is 2.68. The van der Waals surface area contributed by atoms with Gasteiger partial charge in [0.15, 0.2) is 6.10 Å². The summed E-state index contributed by atoms with van der Waals surface area (Å²) in [5.74, 6) is 0.238. The van der Waals surface area contributed by atoms with Gasteiger partial charge < -0.3 is 9.53 Å². The van der Waals surface area contributed by atoms with E-state index in [9.17, 15) is 4.79 Å². The summed E-state index contributed by atoms with van der Waals surface area (Å²) < 4.78 is 5.33. The van der Waals surface area contributed by atoms with Gasteiger partial charge in [0.1, 0.15) is 5.92 Å². The maximum absolute atomic E-state index is 9.69. The van der Waals surface area contributed by atoms with Gasteiger partial charge in [-0.1, -0.05) is 30.3 Å². The Kier molecular flexibility index (Phi) is 2.53. The maximum Gasteiger partial charge on any atom is 0.490 e. The molecule has 1 aliphatic heterocycles. The van der Waals surface area contributed by atoms with Gasteiger partial charge in [0.05, 0.1) is 0 Å². The number of ether oxygens (including phenoxy) is 1. The fourth-order valence-electron chi connectivity index (χ4n) is 1.87. The van der Waals surface area contributed by atoms with Crippen LogP contribution in [0.1, 0.15) is 31.2 Å². The van der Waals surface area contributed by atoms with Crippen LogP contribution in [0.15, 0.2) is 30.3 Å². The minimum Gasteiger partial charge on any atom is -0.339 e. The van der Waals surface area contributed by atoms with E-state index in [1.807, 2.05) is 37.3 Å². The second kappa shape index (κ2) is 3.82. The van der Waals surface area contributed by atoms with Gasteiger partial charge in [-0.15, -0.1) is 0 Å². The lowest BCUT2D eigenvalue weighted by Gasteiger charge is -2.18. The van der Waals surface area contributed by atoms with Crippen LogP contribution in [0, 0.1) is 0 Å². The molecule has 74 valence electrons. The van der Waals surface area contributed by atoms with Crippen molar-refractivity contribution in [2.45, 2.75) is 31.8 Å². The van der Waals surface area contributed by atoms with Crippen molar-refractivity contribution >= 4 is 5.97 Å². The highest BCUT2D eigenvalue weighted by Gasteiger charge is 2.36. The van der Waals surface area contributed by atoms with Crippen molar-refractivity contribution in [2.75, 3.05) is 0 Å². The quantitative estimate of drug-likeness (QED) is 0.495. The number of hydrogen-bond acceptors (Lipinski definition) is 1. The molecular formula is C12H15O2+. The first-order valence-corrected chi connectivity index (χ1v) is 5.05. The molecule has 0 amide bonds. The van der Waals surface area contributed by atoms with Gasteiger partial charge in [-0.3, -0.25) is 0 Å². The Labute approximate surface area is 83.9 Å². The van der Waals surface area contributed by atoms with Crippen LogP contribution in [0.2, 0.25) is 0 Å². The zero-order chi connectivity index (χ0) is 9.97. The van der Waals surface area contributed by atoms with Gasteiger partial charge in [-0.2, -0.15) is 0 Å². The number of benzene rings is 1. The van der Waals surface area contributed by atoms with Crippen molar-refractivity contribution < 1.29 is 9.53 Å². The molecule has 0 aromatic heterocycles. The molecule has 0 bridgehead atoms. The molecule has 1 heterocycles. The van der Waals surface area contributed by atoms with Crippen molar-refractivity contribution in [3.05, 3.63) is 35.9 Å².